The Morgan fingerprint density at radius 1 is 1.12 bits per heavy atom. The fourth-order valence-corrected chi connectivity index (χ4v) is 4.46. The first-order valence-corrected chi connectivity index (χ1v) is 11.2. The lowest BCUT2D eigenvalue weighted by atomic mass is 9.89. The summed E-state index contributed by atoms with van der Waals surface area (Å²) in [6, 6.07) is 11.7. The number of aliphatic hydroxyl groups excluding tert-OH is 1. The largest absolute Gasteiger partial charge is 0.393 e. The number of carbonyl (C=O) groups excluding carboxylic acids is 1. The number of amides is 1. The van der Waals surface area contributed by atoms with Gasteiger partial charge >= 0.3 is 0 Å². The average Bonchev–Trinajstić information content (AvgIpc) is 2.80. The Labute approximate surface area is 190 Å². The second kappa shape index (κ2) is 8.96. The van der Waals surface area contributed by atoms with Crippen LogP contribution in [0.25, 0.3) is 10.8 Å². The molecule has 8 heteroatoms. The van der Waals surface area contributed by atoms with Crippen LogP contribution in [-0.4, -0.2) is 54.0 Å². The van der Waals surface area contributed by atoms with Gasteiger partial charge in [-0.15, -0.1) is 0 Å². The zero-order chi connectivity index (χ0) is 22.9. The van der Waals surface area contributed by atoms with Gasteiger partial charge < -0.3 is 24.6 Å². The van der Waals surface area contributed by atoms with E-state index in [-0.39, 0.29) is 35.7 Å². The zero-order valence-electron chi connectivity index (χ0n) is 18.2. The lowest BCUT2D eigenvalue weighted by molar-refractivity contribution is 0.0562. The third kappa shape index (κ3) is 4.62. The number of ether oxygens (including phenoxy) is 1. The van der Waals surface area contributed by atoms with Crippen LogP contribution in [0.2, 0.25) is 0 Å². The third-order valence-electron chi connectivity index (χ3n) is 6.36. The van der Waals surface area contributed by atoms with Gasteiger partial charge in [0.25, 0.3) is 11.5 Å². The summed E-state index contributed by atoms with van der Waals surface area (Å²) < 4.78 is 21.2. The number of carbonyl (C=O) groups is 1. The molecule has 1 aliphatic heterocycles. The number of rotatable bonds is 5. The molecule has 1 aromatic heterocycles. The lowest BCUT2D eigenvalue weighted by Gasteiger charge is -2.31. The summed E-state index contributed by atoms with van der Waals surface area (Å²) >= 11 is 0. The van der Waals surface area contributed by atoms with E-state index in [2.05, 4.69) is 10.2 Å². The number of halogens is 1. The number of hydrogen-bond donors (Lipinski definition) is 2. The number of nitrogens with zero attached hydrogens (tertiary/aromatic N) is 2. The molecule has 2 aromatic carbocycles. The molecule has 2 fully saturated rings. The first kappa shape index (κ1) is 21.6. The van der Waals surface area contributed by atoms with Crippen molar-refractivity contribution in [3.05, 3.63) is 76.0 Å². The van der Waals surface area contributed by atoms with Crippen molar-refractivity contribution in [3.8, 4) is 0 Å². The molecule has 1 amide bonds. The highest BCUT2D eigenvalue weighted by molar-refractivity contribution is 5.94. The van der Waals surface area contributed by atoms with E-state index in [9.17, 15) is 19.1 Å². The molecule has 0 spiro atoms. The molecule has 5 rings (SSSR count). The van der Waals surface area contributed by atoms with Gasteiger partial charge in [0.2, 0.25) is 0 Å². The Balaban J connectivity index is 1.37. The van der Waals surface area contributed by atoms with Crippen LogP contribution in [0.3, 0.4) is 0 Å². The van der Waals surface area contributed by atoms with Gasteiger partial charge in [-0.1, -0.05) is 0 Å². The molecule has 0 radical (unpaired) electrons. The second-order valence-electron chi connectivity index (χ2n) is 8.76. The Morgan fingerprint density at radius 2 is 1.91 bits per heavy atom. The first-order valence-electron chi connectivity index (χ1n) is 11.2. The highest BCUT2D eigenvalue weighted by Gasteiger charge is 2.28. The van der Waals surface area contributed by atoms with E-state index in [1.54, 1.807) is 12.3 Å². The first-order chi connectivity index (χ1) is 16.0. The quantitative estimate of drug-likeness (QED) is 0.622. The van der Waals surface area contributed by atoms with Gasteiger partial charge in [0.1, 0.15) is 5.82 Å². The number of fused-ring (bicyclic) bond motifs is 1. The summed E-state index contributed by atoms with van der Waals surface area (Å²) in [5.41, 5.74) is 1.62. The minimum atomic E-state index is -0.532. The normalized spacial score (nSPS) is 20.5. The minimum absolute atomic E-state index is 0.0929. The monoisotopic (exact) mass is 451 g/mol. The number of aliphatic hydroxyl groups is 1. The summed E-state index contributed by atoms with van der Waals surface area (Å²) in [6.45, 7) is 3.17. The molecule has 1 saturated heterocycles. The van der Waals surface area contributed by atoms with Gasteiger partial charge in [0.15, 0.2) is 0 Å². The molecular weight excluding hydrogens is 425 g/mol. The van der Waals surface area contributed by atoms with Crippen molar-refractivity contribution in [2.75, 3.05) is 31.2 Å². The van der Waals surface area contributed by atoms with E-state index in [1.165, 1.54) is 16.7 Å². The standard InChI is InChI=1S/C25H26FN3O4/c26-19-10-16(9-18(11-19)24(31)27-20-13-22(30)14-20)15-29-4-3-17-12-21(1-2-23(17)25(29)32)28-5-7-33-8-6-28/h1-4,9-12,20,22,30H,5-8,13-15H2,(H,27,31)/t20-,22+. The SMILES string of the molecule is O=C(N[C@H]1C[C@@H](O)C1)c1cc(F)cc(Cn2ccc3cc(N4CCOCC4)ccc3c2=O)c1. The number of pyridine rings is 1. The summed E-state index contributed by atoms with van der Waals surface area (Å²) in [5, 5.41) is 13.6. The molecule has 0 bridgehead atoms. The molecule has 3 aromatic rings. The van der Waals surface area contributed by atoms with Crippen LogP contribution >= 0.6 is 0 Å². The molecule has 33 heavy (non-hydrogen) atoms. The van der Waals surface area contributed by atoms with Crippen LogP contribution in [0.4, 0.5) is 10.1 Å². The molecule has 1 aliphatic carbocycles. The van der Waals surface area contributed by atoms with Crippen LogP contribution in [0.15, 0.2) is 53.5 Å². The van der Waals surface area contributed by atoms with Crippen molar-refractivity contribution in [3.63, 3.8) is 0 Å². The summed E-state index contributed by atoms with van der Waals surface area (Å²) in [7, 11) is 0. The molecular formula is C25H26FN3O4. The van der Waals surface area contributed by atoms with Crippen LogP contribution in [-0.2, 0) is 11.3 Å². The number of aromatic nitrogens is 1. The molecule has 7 nitrogen and oxygen atoms in total. The third-order valence-corrected chi connectivity index (χ3v) is 6.36. The van der Waals surface area contributed by atoms with Crippen LogP contribution < -0.4 is 15.8 Å². The van der Waals surface area contributed by atoms with E-state index >= 15 is 0 Å². The molecule has 172 valence electrons. The summed E-state index contributed by atoms with van der Waals surface area (Å²) in [6.07, 6.45) is 2.33. The molecule has 2 aliphatic rings. The zero-order valence-corrected chi connectivity index (χ0v) is 18.2. The van der Waals surface area contributed by atoms with E-state index in [4.69, 9.17) is 4.74 Å². The second-order valence-corrected chi connectivity index (χ2v) is 8.76. The van der Waals surface area contributed by atoms with Gasteiger partial charge in [-0.25, -0.2) is 4.39 Å². The molecule has 0 unspecified atom stereocenters. The van der Waals surface area contributed by atoms with Gasteiger partial charge in [-0.05, 0) is 66.3 Å². The van der Waals surface area contributed by atoms with Crippen molar-refractivity contribution < 1.29 is 19.0 Å². The predicted octanol–water partition coefficient (Wildman–Crippen LogP) is 2.28. The van der Waals surface area contributed by atoms with E-state index < -0.39 is 5.82 Å². The van der Waals surface area contributed by atoms with Crippen molar-refractivity contribution in [2.45, 2.75) is 31.5 Å². The van der Waals surface area contributed by atoms with Gasteiger partial charge in [0, 0.05) is 42.0 Å². The molecule has 2 N–H and O–H groups in total. The maximum absolute atomic E-state index is 14.2. The van der Waals surface area contributed by atoms with Crippen LogP contribution in [0.5, 0.6) is 0 Å². The van der Waals surface area contributed by atoms with E-state index in [0.717, 1.165) is 24.2 Å². The summed E-state index contributed by atoms with van der Waals surface area (Å²) in [4.78, 5) is 27.8. The number of nitrogens with one attached hydrogen (secondary N) is 1. The maximum atomic E-state index is 14.2. The van der Waals surface area contributed by atoms with Crippen molar-refractivity contribution in [1.29, 1.82) is 0 Å². The Kier molecular flexibility index (Phi) is 5.86. The Hall–Kier alpha value is -3.23. The van der Waals surface area contributed by atoms with Crippen LogP contribution in [0, 0.1) is 5.82 Å². The topological polar surface area (TPSA) is 83.8 Å². The Morgan fingerprint density at radius 3 is 2.67 bits per heavy atom. The number of hydrogen-bond acceptors (Lipinski definition) is 5. The fourth-order valence-electron chi connectivity index (χ4n) is 4.46. The fraction of sp³-hybridized carbons (Fsp3) is 0.360. The Bertz CT molecular complexity index is 1250. The number of benzene rings is 2. The van der Waals surface area contributed by atoms with Gasteiger partial charge in [-0.3, -0.25) is 9.59 Å². The molecule has 1 saturated carbocycles. The smallest absolute Gasteiger partial charge is 0.258 e. The lowest BCUT2D eigenvalue weighted by Crippen LogP contribution is -2.46. The van der Waals surface area contributed by atoms with E-state index in [0.29, 0.717) is 37.0 Å². The van der Waals surface area contributed by atoms with Gasteiger partial charge in [-0.2, -0.15) is 0 Å². The number of morpholine rings is 1. The van der Waals surface area contributed by atoms with Gasteiger partial charge in [0.05, 0.1) is 25.9 Å². The minimum Gasteiger partial charge on any atom is -0.393 e. The highest BCUT2D eigenvalue weighted by Crippen LogP contribution is 2.22. The van der Waals surface area contributed by atoms with Crippen molar-refractivity contribution in [1.82, 2.24) is 9.88 Å². The van der Waals surface area contributed by atoms with Crippen molar-refractivity contribution >= 4 is 22.4 Å². The predicted molar refractivity (Wildman–Crippen MR) is 123 cm³/mol. The van der Waals surface area contributed by atoms with Crippen molar-refractivity contribution in [2.24, 2.45) is 0 Å². The van der Waals surface area contributed by atoms with E-state index in [1.807, 2.05) is 24.3 Å². The summed E-state index contributed by atoms with van der Waals surface area (Å²) in [5.74, 6) is -0.913. The molecule has 0 atom stereocenters. The van der Waals surface area contributed by atoms with Crippen LogP contribution in [0.1, 0.15) is 28.8 Å². The number of anilines is 1. The molecule has 2 heterocycles. The average molecular weight is 451 g/mol. The maximum Gasteiger partial charge on any atom is 0.258 e. The highest BCUT2D eigenvalue weighted by atomic mass is 19.1.